The molecule has 0 unspecified atom stereocenters. The molecule has 0 saturated heterocycles. The second-order valence-electron chi connectivity index (χ2n) is 4.89. The van der Waals surface area contributed by atoms with Crippen molar-refractivity contribution in [2.45, 2.75) is 33.1 Å². The number of aliphatic imine (C=N–C) groups is 1. The maximum Gasteiger partial charge on any atom is 0.191 e. The third kappa shape index (κ3) is 10.8. The van der Waals surface area contributed by atoms with Crippen LogP contribution in [0.25, 0.3) is 0 Å². The van der Waals surface area contributed by atoms with Gasteiger partial charge in [0.15, 0.2) is 5.96 Å². The van der Waals surface area contributed by atoms with E-state index in [9.17, 15) is 0 Å². The molecule has 0 aliphatic heterocycles. The van der Waals surface area contributed by atoms with E-state index in [4.69, 9.17) is 4.74 Å². The summed E-state index contributed by atoms with van der Waals surface area (Å²) in [6, 6.07) is 10.4. The summed E-state index contributed by atoms with van der Waals surface area (Å²) < 4.78 is 5.66. The molecule has 126 valence electrons. The number of nitrogens with zero attached hydrogens (tertiary/aromatic N) is 1. The summed E-state index contributed by atoms with van der Waals surface area (Å²) in [5.74, 6) is 0.906. The van der Waals surface area contributed by atoms with E-state index in [2.05, 4.69) is 53.7 Å². The molecule has 5 heteroatoms. The zero-order valence-corrected chi connectivity index (χ0v) is 16.1. The van der Waals surface area contributed by atoms with Gasteiger partial charge in [0.2, 0.25) is 0 Å². The van der Waals surface area contributed by atoms with Crippen molar-refractivity contribution < 1.29 is 4.74 Å². The molecule has 1 rings (SSSR count). The predicted octanol–water partition coefficient (Wildman–Crippen LogP) is 3.22. The molecule has 0 bridgehead atoms. The number of hydrogen-bond acceptors (Lipinski definition) is 2. The van der Waals surface area contributed by atoms with Crippen LogP contribution in [0, 0.1) is 0 Å². The summed E-state index contributed by atoms with van der Waals surface area (Å²) in [4.78, 5) is 4.46. The number of benzene rings is 1. The Morgan fingerprint density at radius 1 is 1.09 bits per heavy atom. The van der Waals surface area contributed by atoms with E-state index in [0.717, 1.165) is 58.1 Å². The Labute approximate surface area is 152 Å². The van der Waals surface area contributed by atoms with Crippen LogP contribution in [0.3, 0.4) is 0 Å². The molecule has 2 N–H and O–H groups in total. The zero-order valence-electron chi connectivity index (χ0n) is 13.8. The lowest BCUT2D eigenvalue weighted by Gasteiger charge is -2.11. The molecule has 0 aliphatic carbocycles. The Balaban J connectivity index is 0.00000441. The normalized spacial score (nSPS) is 10.9. The second kappa shape index (κ2) is 15.1. The second-order valence-corrected chi connectivity index (χ2v) is 4.89. The van der Waals surface area contributed by atoms with E-state index in [1.807, 2.05) is 6.07 Å². The van der Waals surface area contributed by atoms with Crippen molar-refractivity contribution in [3.8, 4) is 0 Å². The van der Waals surface area contributed by atoms with E-state index in [1.54, 1.807) is 0 Å². The van der Waals surface area contributed by atoms with Gasteiger partial charge in [-0.15, -0.1) is 24.0 Å². The van der Waals surface area contributed by atoms with Crippen molar-refractivity contribution >= 4 is 29.9 Å². The third-order valence-electron chi connectivity index (χ3n) is 2.97. The van der Waals surface area contributed by atoms with Gasteiger partial charge >= 0.3 is 0 Å². The largest absolute Gasteiger partial charge is 0.381 e. The summed E-state index contributed by atoms with van der Waals surface area (Å²) in [6.07, 6.45) is 3.04. The molecule has 0 aromatic heterocycles. The fourth-order valence-electron chi connectivity index (χ4n) is 1.88. The number of ether oxygens (including phenoxy) is 1. The molecule has 0 spiro atoms. The SMILES string of the molecule is CCCN=C(NCC)NCCCOCCc1ccccc1.I. The molecule has 0 fully saturated rings. The summed E-state index contributed by atoms with van der Waals surface area (Å²) in [5.41, 5.74) is 1.33. The third-order valence-corrected chi connectivity index (χ3v) is 2.97. The van der Waals surface area contributed by atoms with Gasteiger partial charge < -0.3 is 15.4 Å². The Hall–Kier alpha value is -0.820. The van der Waals surface area contributed by atoms with Gasteiger partial charge in [0.1, 0.15) is 0 Å². The molecule has 1 aromatic rings. The highest BCUT2D eigenvalue weighted by atomic mass is 127. The first kappa shape index (κ1) is 21.2. The quantitative estimate of drug-likeness (QED) is 0.265. The molecule has 22 heavy (non-hydrogen) atoms. The standard InChI is InChI=1S/C17H29N3O.HI/c1-3-12-19-17(18-4-2)20-13-8-14-21-15-11-16-9-6-5-7-10-16;/h5-7,9-10H,3-4,8,11-15H2,1-2H3,(H2,18,19,20);1H. The number of hydrogen-bond donors (Lipinski definition) is 2. The van der Waals surface area contributed by atoms with Gasteiger partial charge in [-0.1, -0.05) is 37.3 Å². The van der Waals surface area contributed by atoms with Crippen molar-refractivity contribution in [3.63, 3.8) is 0 Å². The number of guanidine groups is 1. The van der Waals surface area contributed by atoms with Crippen molar-refractivity contribution in [2.75, 3.05) is 32.8 Å². The highest BCUT2D eigenvalue weighted by Gasteiger charge is 1.96. The summed E-state index contributed by atoms with van der Waals surface area (Å²) >= 11 is 0. The van der Waals surface area contributed by atoms with Crippen LogP contribution < -0.4 is 10.6 Å². The van der Waals surface area contributed by atoms with Gasteiger partial charge in [-0.05, 0) is 31.7 Å². The lowest BCUT2D eigenvalue weighted by Crippen LogP contribution is -2.38. The van der Waals surface area contributed by atoms with E-state index in [1.165, 1.54) is 5.56 Å². The van der Waals surface area contributed by atoms with Crippen molar-refractivity contribution in [1.29, 1.82) is 0 Å². The average Bonchev–Trinajstić information content (AvgIpc) is 2.52. The molecule has 0 aliphatic rings. The van der Waals surface area contributed by atoms with Gasteiger partial charge in [-0.3, -0.25) is 4.99 Å². The van der Waals surface area contributed by atoms with Gasteiger partial charge in [0.25, 0.3) is 0 Å². The molecule has 4 nitrogen and oxygen atoms in total. The molecule has 0 saturated carbocycles. The van der Waals surface area contributed by atoms with E-state index >= 15 is 0 Å². The fraction of sp³-hybridized carbons (Fsp3) is 0.588. The number of rotatable bonds is 10. The first-order valence-corrected chi connectivity index (χ1v) is 8.00. The topological polar surface area (TPSA) is 45.7 Å². The van der Waals surface area contributed by atoms with Crippen LogP contribution in [0.15, 0.2) is 35.3 Å². The van der Waals surface area contributed by atoms with Gasteiger partial charge in [-0.2, -0.15) is 0 Å². The zero-order chi connectivity index (χ0) is 15.2. The van der Waals surface area contributed by atoms with Crippen LogP contribution in [0.1, 0.15) is 32.3 Å². The average molecular weight is 419 g/mol. The minimum Gasteiger partial charge on any atom is -0.381 e. The van der Waals surface area contributed by atoms with Crippen LogP contribution >= 0.6 is 24.0 Å². The predicted molar refractivity (Wildman–Crippen MR) is 105 cm³/mol. The smallest absolute Gasteiger partial charge is 0.191 e. The van der Waals surface area contributed by atoms with Crippen molar-refractivity contribution in [3.05, 3.63) is 35.9 Å². The molecule has 0 amide bonds. The van der Waals surface area contributed by atoms with Crippen LogP contribution in [0.5, 0.6) is 0 Å². The van der Waals surface area contributed by atoms with Gasteiger partial charge in [0.05, 0.1) is 6.61 Å². The lowest BCUT2D eigenvalue weighted by atomic mass is 10.2. The van der Waals surface area contributed by atoms with Crippen LogP contribution in [0.4, 0.5) is 0 Å². The van der Waals surface area contributed by atoms with Crippen molar-refractivity contribution in [1.82, 2.24) is 10.6 Å². The Kier molecular flexibility index (Phi) is 14.5. The summed E-state index contributed by atoms with van der Waals surface area (Å²) in [6.45, 7) is 8.43. The number of nitrogens with one attached hydrogen (secondary N) is 2. The fourth-order valence-corrected chi connectivity index (χ4v) is 1.88. The van der Waals surface area contributed by atoms with Crippen LogP contribution in [-0.2, 0) is 11.2 Å². The summed E-state index contributed by atoms with van der Waals surface area (Å²) in [5, 5.41) is 6.56. The molecule has 0 heterocycles. The molecule has 1 aromatic carbocycles. The Morgan fingerprint density at radius 2 is 1.86 bits per heavy atom. The minimum absolute atomic E-state index is 0. The maximum absolute atomic E-state index is 5.66. The van der Waals surface area contributed by atoms with Crippen LogP contribution in [-0.4, -0.2) is 38.8 Å². The maximum atomic E-state index is 5.66. The minimum atomic E-state index is 0. The number of halogens is 1. The highest BCUT2D eigenvalue weighted by Crippen LogP contribution is 1.99. The molecule has 0 atom stereocenters. The molecule has 0 radical (unpaired) electrons. The van der Waals surface area contributed by atoms with Gasteiger partial charge in [0, 0.05) is 26.2 Å². The first-order valence-electron chi connectivity index (χ1n) is 8.00. The first-order chi connectivity index (χ1) is 10.4. The Bertz CT molecular complexity index is 385. The van der Waals surface area contributed by atoms with E-state index < -0.39 is 0 Å². The van der Waals surface area contributed by atoms with Gasteiger partial charge in [-0.25, -0.2) is 0 Å². The van der Waals surface area contributed by atoms with Crippen molar-refractivity contribution in [2.24, 2.45) is 4.99 Å². The lowest BCUT2D eigenvalue weighted by molar-refractivity contribution is 0.135. The molecular weight excluding hydrogens is 389 g/mol. The van der Waals surface area contributed by atoms with E-state index in [-0.39, 0.29) is 24.0 Å². The Morgan fingerprint density at radius 3 is 2.55 bits per heavy atom. The highest BCUT2D eigenvalue weighted by molar-refractivity contribution is 14.0. The van der Waals surface area contributed by atoms with E-state index in [0.29, 0.717) is 0 Å². The monoisotopic (exact) mass is 419 g/mol. The van der Waals surface area contributed by atoms with Crippen LogP contribution in [0.2, 0.25) is 0 Å². The summed E-state index contributed by atoms with van der Waals surface area (Å²) in [7, 11) is 0. The molecular formula is C17H30IN3O.